The molecule has 0 atom stereocenters. The summed E-state index contributed by atoms with van der Waals surface area (Å²) in [4.78, 5) is 35.1. The Morgan fingerprint density at radius 1 is 0.974 bits per heavy atom. The first-order valence-corrected chi connectivity index (χ1v) is 12.1. The number of carbonyl (C=O) groups is 2. The number of pyridine rings is 1. The van der Waals surface area contributed by atoms with Crippen LogP contribution in [0.25, 0.3) is 28.2 Å². The average Bonchev–Trinajstić information content (AvgIpc) is 3.31. The standard InChI is InChI=1S/C31H25FN4O2/c1-21(37)8-9-22-14-27(18-33-17-22)36(31(38)23-6-4-3-5-7-23)19-26-11-10-24(15-28(26)32)25-12-13-30-29(16-25)34-20-35(30)2/h3-18,20H,19H2,1-2H3/b9-8+. The van der Waals surface area contributed by atoms with Crippen molar-refractivity contribution in [1.82, 2.24) is 14.5 Å². The molecule has 38 heavy (non-hydrogen) atoms. The van der Waals surface area contributed by atoms with Crippen molar-refractivity contribution in [1.29, 1.82) is 0 Å². The Morgan fingerprint density at radius 3 is 2.50 bits per heavy atom. The number of carbonyl (C=O) groups excluding carboxylic acids is 2. The minimum Gasteiger partial charge on any atom is -0.334 e. The Kier molecular flexibility index (Phi) is 6.91. The summed E-state index contributed by atoms with van der Waals surface area (Å²) < 4.78 is 17.4. The zero-order chi connectivity index (χ0) is 26.6. The fourth-order valence-corrected chi connectivity index (χ4v) is 4.26. The molecule has 0 saturated carbocycles. The number of anilines is 1. The Balaban J connectivity index is 1.49. The number of hydrogen-bond donors (Lipinski definition) is 0. The zero-order valence-electron chi connectivity index (χ0n) is 21.0. The number of allylic oxidation sites excluding steroid dienone is 1. The highest BCUT2D eigenvalue weighted by Gasteiger charge is 2.20. The molecule has 188 valence electrons. The molecule has 0 spiro atoms. The molecule has 5 aromatic rings. The van der Waals surface area contributed by atoms with Crippen LogP contribution in [0.4, 0.5) is 10.1 Å². The van der Waals surface area contributed by atoms with E-state index in [9.17, 15) is 9.59 Å². The predicted molar refractivity (Wildman–Crippen MR) is 147 cm³/mol. The highest BCUT2D eigenvalue weighted by atomic mass is 19.1. The molecular weight excluding hydrogens is 479 g/mol. The second-order valence-corrected chi connectivity index (χ2v) is 9.04. The number of halogens is 1. The highest BCUT2D eigenvalue weighted by Crippen LogP contribution is 2.27. The van der Waals surface area contributed by atoms with Crippen LogP contribution in [0.1, 0.15) is 28.4 Å². The molecule has 0 saturated heterocycles. The van der Waals surface area contributed by atoms with Gasteiger partial charge in [-0.3, -0.25) is 14.6 Å². The van der Waals surface area contributed by atoms with Crippen molar-refractivity contribution in [3.8, 4) is 11.1 Å². The monoisotopic (exact) mass is 504 g/mol. The molecule has 0 radical (unpaired) electrons. The molecule has 3 aromatic carbocycles. The molecule has 6 nitrogen and oxygen atoms in total. The van der Waals surface area contributed by atoms with Crippen molar-refractivity contribution in [3.63, 3.8) is 0 Å². The lowest BCUT2D eigenvalue weighted by Crippen LogP contribution is -2.31. The lowest BCUT2D eigenvalue weighted by Gasteiger charge is -2.23. The summed E-state index contributed by atoms with van der Waals surface area (Å²) in [7, 11) is 1.93. The van der Waals surface area contributed by atoms with Gasteiger partial charge in [0.1, 0.15) is 5.82 Å². The second kappa shape index (κ2) is 10.6. The average molecular weight is 505 g/mol. The number of fused-ring (bicyclic) bond motifs is 1. The normalized spacial score (nSPS) is 11.2. The van der Waals surface area contributed by atoms with Crippen LogP contribution in [0, 0.1) is 5.82 Å². The number of aromatic nitrogens is 3. The molecule has 2 heterocycles. The van der Waals surface area contributed by atoms with Crippen molar-refractivity contribution in [2.45, 2.75) is 13.5 Å². The van der Waals surface area contributed by atoms with E-state index in [4.69, 9.17) is 0 Å². The molecule has 2 aromatic heterocycles. The minimum atomic E-state index is -0.421. The van der Waals surface area contributed by atoms with Crippen LogP contribution >= 0.6 is 0 Å². The van der Waals surface area contributed by atoms with Crippen LogP contribution in [0.15, 0.2) is 97.6 Å². The number of aryl methyl sites for hydroxylation is 1. The van der Waals surface area contributed by atoms with Gasteiger partial charge in [0.15, 0.2) is 5.78 Å². The van der Waals surface area contributed by atoms with Crippen LogP contribution in [-0.4, -0.2) is 26.2 Å². The van der Waals surface area contributed by atoms with Gasteiger partial charge in [-0.05, 0) is 72.2 Å². The number of imidazole rings is 1. The lowest BCUT2D eigenvalue weighted by atomic mass is 10.0. The summed E-state index contributed by atoms with van der Waals surface area (Å²) in [6.07, 6.45) is 7.97. The summed E-state index contributed by atoms with van der Waals surface area (Å²) >= 11 is 0. The highest BCUT2D eigenvalue weighted by molar-refractivity contribution is 6.06. The lowest BCUT2D eigenvalue weighted by molar-refractivity contribution is -0.112. The van der Waals surface area contributed by atoms with Gasteiger partial charge in [0.05, 0.1) is 35.8 Å². The van der Waals surface area contributed by atoms with Crippen LogP contribution in [0.3, 0.4) is 0 Å². The van der Waals surface area contributed by atoms with E-state index in [1.807, 2.05) is 41.9 Å². The van der Waals surface area contributed by atoms with Crippen molar-refractivity contribution in [2.75, 3.05) is 4.90 Å². The largest absolute Gasteiger partial charge is 0.334 e. The molecule has 0 fully saturated rings. The van der Waals surface area contributed by atoms with Gasteiger partial charge in [-0.1, -0.05) is 36.4 Å². The molecule has 7 heteroatoms. The van der Waals surface area contributed by atoms with E-state index in [1.165, 1.54) is 24.0 Å². The summed E-state index contributed by atoms with van der Waals surface area (Å²) in [5, 5.41) is 0. The number of nitrogens with zero attached hydrogens (tertiary/aromatic N) is 4. The van der Waals surface area contributed by atoms with Gasteiger partial charge in [-0.25, -0.2) is 9.37 Å². The molecule has 0 unspecified atom stereocenters. The third-order valence-corrected chi connectivity index (χ3v) is 6.27. The maximum atomic E-state index is 15.5. The molecule has 0 aliphatic rings. The minimum absolute atomic E-state index is 0.000667. The Bertz CT molecular complexity index is 1670. The van der Waals surface area contributed by atoms with Crippen LogP contribution in [0.5, 0.6) is 0 Å². The Morgan fingerprint density at radius 2 is 1.74 bits per heavy atom. The van der Waals surface area contributed by atoms with Crippen molar-refractivity contribution < 1.29 is 14.0 Å². The molecule has 0 bridgehead atoms. The quantitative estimate of drug-likeness (QED) is 0.247. The summed E-state index contributed by atoms with van der Waals surface area (Å²) in [6.45, 7) is 1.46. The topological polar surface area (TPSA) is 68.1 Å². The first kappa shape index (κ1) is 24.8. The van der Waals surface area contributed by atoms with Gasteiger partial charge in [-0.2, -0.15) is 0 Å². The summed E-state index contributed by atoms with van der Waals surface area (Å²) in [5.74, 6) is -0.809. The van der Waals surface area contributed by atoms with Gasteiger partial charge in [0, 0.05) is 24.4 Å². The van der Waals surface area contributed by atoms with Gasteiger partial charge in [0.25, 0.3) is 5.91 Å². The molecule has 5 rings (SSSR count). The van der Waals surface area contributed by atoms with Crippen molar-refractivity contribution in [2.24, 2.45) is 7.05 Å². The number of ketones is 1. The second-order valence-electron chi connectivity index (χ2n) is 9.04. The molecule has 0 N–H and O–H groups in total. The first-order chi connectivity index (χ1) is 18.4. The van der Waals surface area contributed by atoms with Crippen LogP contribution in [-0.2, 0) is 18.4 Å². The van der Waals surface area contributed by atoms with E-state index < -0.39 is 5.82 Å². The third kappa shape index (κ3) is 5.27. The number of rotatable bonds is 7. The molecule has 1 amide bonds. The third-order valence-electron chi connectivity index (χ3n) is 6.27. The molecule has 0 aliphatic heterocycles. The van der Waals surface area contributed by atoms with Gasteiger partial charge in [-0.15, -0.1) is 0 Å². The SMILES string of the molecule is CC(=O)/C=C/c1cncc(N(Cc2ccc(-c3ccc4c(c3)ncn4C)cc2F)C(=O)c2ccccc2)c1. The number of benzene rings is 3. The Hall–Kier alpha value is -4.91. The molecule has 0 aliphatic carbocycles. The maximum absolute atomic E-state index is 15.5. The van der Waals surface area contributed by atoms with Gasteiger partial charge in [0.2, 0.25) is 0 Å². The summed E-state index contributed by atoms with van der Waals surface area (Å²) in [6, 6.07) is 21.4. The van der Waals surface area contributed by atoms with E-state index >= 15 is 4.39 Å². The predicted octanol–water partition coefficient (Wildman–Crippen LogP) is 6.22. The maximum Gasteiger partial charge on any atom is 0.258 e. The first-order valence-electron chi connectivity index (χ1n) is 12.1. The van der Waals surface area contributed by atoms with Gasteiger partial charge < -0.3 is 9.47 Å². The Labute approximate surface area is 219 Å². The van der Waals surface area contributed by atoms with Crippen LogP contribution in [0.2, 0.25) is 0 Å². The zero-order valence-corrected chi connectivity index (χ0v) is 21.0. The van der Waals surface area contributed by atoms with E-state index in [-0.39, 0.29) is 18.2 Å². The number of hydrogen-bond acceptors (Lipinski definition) is 4. The van der Waals surface area contributed by atoms with E-state index in [0.717, 1.165) is 22.2 Å². The smallest absolute Gasteiger partial charge is 0.258 e. The van der Waals surface area contributed by atoms with Gasteiger partial charge >= 0.3 is 0 Å². The molecular formula is C31H25FN4O2. The van der Waals surface area contributed by atoms with Crippen molar-refractivity contribution >= 4 is 34.5 Å². The van der Waals surface area contributed by atoms with E-state index in [1.54, 1.807) is 61.2 Å². The summed E-state index contributed by atoms with van der Waals surface area (Å²) in [5.41, 5.74) is 5.39. The van der Waals surface area contributed by atoms with E-state index in [2.05, 4.69) is 9.97 Å². The fraction of sp³-hybridized carbons (Fsp3) is 0.0968. The fourth-order valence-electron chi connectivity index (χ4n) is 4.26. The number of amides is 1. The van der Waals surface area contributed by atoms with Crippen molar-refractivity contribution in [3.05, 3.63) is 120 Å². The van der Waals surface area contributed by atoms with E-state index in [0.29, 0.717) is 22.4 Å². The van der Waals surface area contributed by atoms with Crippen LogP contribution < -0.4 is 4.90 Å².